The van der Waals surface area contributed by atoms with Crippen molar-refractivity contribution in [2.75, 3.05) is 44.8 Å². The first-order chi connectivity index (χ1) is 20.2. The van der Waals surface area contributed by atoms with Crippen LogP contribution in [-0.2, 0) is 17.8 Å². The van der Waals surface area contributed by atoms with Crippen molar-refractivity contribution in [3.8, 4) is 11.1 Å². The van der Waals surface area contributed by atoms with E-state index in [2.05, 4.69) is 44.5 Å². The maximum atomic E-state index is 13.7. The number of aromatic nitrogens is 3. The SMILES string of the molecule is Cc1cc(C)c(CNC(=O)c2cc(-c3cnn(CCN4CCOCC4)c3)cc(N(C)C3CCC(N)CC3)c2C)c(=O)[nH]1. The van der Waals surface area contributed by atoms with Gasteiger partial charge in [0.15, 0.2) is 0 Å². The Labute approximate surface area is 248 Å². The predicted octanol–water partition coefficient (Wildman–Crippen LogP) is 3.13. The molecule has 1 saturated carbocycles. The number of hydrogen-bond donors (Lipinski definition) is 3. The molecule has 0 spiro atoms. The number of anilines is 1. The second-order valence-electron chi connectivity index (χ2n) is 11.9. The summed E-state index contributed by atoms with van der Waals surface area (Å²) in [6.45, 7) is 11.1. The molecule has 10 heteroatoms. The third-order valence-electron chi connectivity index (χ3n) is 8.93. The van der Waals surface area contributed by atoms with Gasteiger partial charge in [0.2, 0.25) is 0 Å². The fourth-order valence-corrected chi connectivity index (χ4v) is 6.22. The van der Waals surface area contributed by atoms with Crippen LogP contribution in [0.25, 0.3) is 11.1 Å². The smallest absolute Gasteiger partial charge is 0.253 e. The minimum absolute atomic E-state index is 0.162. The molecule has 0 unspecified atom stereocenters. The third kappa shape index (κ3) is 6.94. The van der Waals surface area contributed by atoms with E-state index in [0.717, 1.165) is 98.7 Å². The lowest BCUT2D eigenvalue weighted by Crippen LogP contribution is -2.39. The number of carbonyl (C=O) groups is 1. The second-order valence-corrected chi connectivity index (χ2v) is 11.9. The summed E-state index contributed by atoms with van der Waals surface area (Å²) in [5.74, 6) is -0.200. The van der Waals surface area contributed by atoms with Crippen LogP contribution < -0.4 is 21.5 Å². The van der Waals surface area contributed by atoms with Gasteiger partial charge in [-0.15, -0.1) is 0 Å². The Balaban J connectivity index is 1.42. The number of nitrogens with one attached hydrogen (secondary N) is 2. The largest absolute Gasteiger partial charge is 0.379 e. The van der Waals surface area contributed by atoms with Gasteiger partial charge in [-0.05, 0) is 81.3 Å². The van der Waals surface area contributed by atoms with Crippen molar-refractivity contribution >= 4 is 11.6 Å². The number of nitrogens with zero attached hydrogens (tertiary/aromatic N) is 4. The summed E-state index contributed by atoms with van der Waals surface area (Å²) >= 11 is 0. The van der Waals surface area contributed by atoms with Gasteiger partial charge in [-0.2, -0.15) is 5.10 Å². The Bertz CT molecular complexity index is 1450. The molecule has 4 N–H and O–H groups in total. The Kier molecular flexibility index (Phi) is 9.45. The predicted molar refractivity (Wildman–Crippen MR) is 166 cm³/mol. The van der Waals surface area contributed by atoms with E-state index in [9.17, 15) is 9.59 Å². The fourth-order valence-electron chi connectivity index (χ4n) is 6.22. The highest BCUT2D eigenvalue weighted by atomic mass is 16.5. The highest BCUT2D eigenvalue weighted by Gasteiger charge is 2.25. The van der Waals surface area contributed by atoms with Crippen LogP contribution in [0.4, 0.5) is 5.69 Å². The number of aryl methyl sites for hydroxylation is 2. The normalized spacial score (nSPS) is 19.5. The van der Waals surface area contributed by atoms with Crippen LogP contribution >= 0.6 is 0 Å². The molecule has 42 heavy (non-hydrogen) atoms. The van der Waals surface area contributed by atoms with E-state index < -0.39 is 0 Å². The number of carbonyl (C=O) groups excluding carboxylic acids is 1. The summed E-state index contributed by atoms with van der Waals surface area (Å²) in [7, 11) is 2.12. The highest BCUT2D eigenvalue weighted by molar-refractivity contribution is 5.98. The molecular weight excluding hydrogens is 530 g/mol. The topological polar surface area (TPSA) is 122 Å². The number of amides is 1. The standard InChI is InChI=1S/C32H45N7O3/c1-21-15-22(2)36-32(41)29(21)19-34-31(40)28-16-24(17-30(23(28)3)37(4)27-7-5-26(33)6-8-27)25-18-35-39(20-25)10-9-38-11-13-42-14-12-38/h15-18,20,26-27H,5-14,19,33H2,1-4H3,(H,34,40)(H,36,41). The van der Waals surface area contributed by atoms with Crippen molar-refractivity contribution in [3.05, 3.63) is 68.9 Å². The van der Waals surface area contributed by atoms with E-state index in [4.69, 9.17) is 10.5 Å². The molecule has 5 rings (SSSR count). The van der Waals surface area contributed by atoms with E-state index >= 15 is 0 Å². The number of rotatable bonds is 9. The zero-order chi connectivity index (χ0) is 29.8. The summed E-state index contributed by atoms with van der Waals surface area (Å²) in [6.07, 6.45) is 7.99. The quantitative estimate of drug-likeness (QED) is 0.358. The van der Waals surface area contributed by atoms with Gasteiger partial charge >= 0.3 is 0 Å². The van der Waals surface area contributed by atoms with Gasteiger partial charge < -0.3 is 25.7 Å². The maximum absolute atomic E-state index is 13.7. The number of hydrogen-bond acceptors (Lipinski definition) is 7. The van der Waals surface area contributed by atoms with Gasteiger partial charge in [0.1, 0.15) is 0 Å². The van der Waals surface area contributed by atoms with Gasteiger partial charge in [-0.3, -0.25) is 19.2 Å². The summed E-state index contributed by atoms with van der Waals surface area (Å²) in [5.41, 5.74) is 12.7. The van der Waals surface area contributed by atoms with Crippen LogP contribution in [0.2, 0.25) is 0 Å². The Morgan fingerprint density at radius 3 is 2.55 bits per heavy atom. The first-order valence-corrected chi connectivity index (χ1v) is 15.1. The van der Waals surface area contributed by atoms with Crippen molar-refractivity contribution in [1.82, 2.24) is 25.0 Å². The van der Waals surface area contributed by atoms with Crippen LogP contribution in [0.1, 0.15) is 58.4 Å². The van der Waals surface area contributed by atoms with Crippen LogP contribution in [0.15, 0.2) is 35.4 Å². The lowest BCUT2D eigenvalue weighted by atomic mass is 9.89. The van der Waals surface area contributed by atoms with Gasteiger partial charge in [0, 0.05) is 79.6 Å². The van der Waals surface area contributed by atoms with Crippen molar-refractivity contribution in [1.29, 1.82) is 0 Å². The van der Waals surface area contributed by atoms with Crippen LogP contribution in [0.3, 0.4) is 0 Å². The van der Waals surface area contributed by atoms with Gasteiger partial charge in [0.05, 0.1) is 26.0 Å². The third-order valence-corrected chi connectivity index (χ3v) is 8.93. The van der Waals surface area contributed by atoms with E-state index in [1.54, 1.807) is 0 Å². The molecular formula is C32H45N7O3. The summed E-state index contributed by atoms with van der Waals surface area (Å²) in [4.78, 5) is 33.8. The van der Waals surface area contributed by atoms with E-state index in [1.807, 2.05) is 43.8 Å². The minimum Gasteiger partial charge on any atom is -0.379 e. The molecule has 0 atom stereocenters. The monoisotopic (exact) mass is 575 g/mol. The van der Waals surface area contributed by atoms with Crippen LogP contribution in [-0.4, -0.2) is 77.6 Å². The average molecular weight is 576 g/mol. The van der Waals surface area contributed by atoms with E-state index in [-0.39, 0.29) is 24.1 Å². The number of aromatic amines is 1. The molecule has 1 aromatic carbocycles. The molecule has 1 aliphatic carbocycles. The lowest BCUT2D eigenvalue weighted by Gasteiger charge is -2.36. The number of pyridine rings is 1. The lowest BCUT2D eigenvalue weighted by molar-refractivity contribution is 0.0360. The molecule has 1 amide bonds. The minimum atomic E-state index is -0.200. The molecule has 226 valence electrons. The number of H-pyrrole nitrogens is 1. The summed E-state index contributed by atoms with van der Waals surface area (Å²) in [5, 5.41) is 7.66. The molecule has 3 heterocycles. The van der Waals surface area contributed by atoms with Crippen LogP contribution in [0, 0.1) is 20.8 Å². The number of nitrogens with two attached hydrogens (primary N) is 1. The summed E-state index contributed by atoms with van der Waals surface area (Å²) in [6, 6.07) is 6.68. The van der Waals surface area contributed by atoms with Crippen molar-refractivity contribution < 1.29 is 9.53 Å². The second kappa shape index (κ2) is 13.2. The Morgan fingerprint density at radius 2 is 1.83 bits per heavy atom. The number of benzene rings is 1. The van der Waals surface area contributed by atoms with Gasteiger partial charge in [-0.25, -0.2) is 0 Å². The molecule has 2 fully saturated rings. The Hall–Kier alpha value is -3.47. The fraction of sp³-hybridized carbons (Fsp3) is 0.531. The number of morpholine rings is 1. The number of ether oxygens (including phenoxy) is 1. The maximum Gasteiger partial charge on any atom is 0.253 e. The van der Waals surface area contributed by atoms with Crippen molar-refractivity contribution in [2.24, 2.45) is 5.73 Å². The van der Waals surface area contributed by atoms with Crippen molar-refractivity contribution in [3.63, 3.8) is 0 Å². The molecule has 0 bridgehead atoms. The first-order valence-electron chi connectivity index (χ1n) is 15.1. The van der Waals surface area contributed by atoms with E-state index in [1.165, 1.54) is 0 Å². The van der Waals surface area contributed by atoms with E-state index in [0.29, 0.717) is 17.2 Å². The summed E-state index contributed by atoms with van der Waals surface area (Å²) < 4.78 is 7.44. The molecule has 1 saturated heterocycles. The molecule has 10 nitrogen and oxygen atoms in total. The van der Waals surface area contributed by atoms with Crippen LogP contribution in [0.5, 0.6) is 0 Å². The highest BCUT2D eigenvalue weighted by Crippen LogP contribution is 2.34. The molecule has 2 aliphatic rings. The van der Waals surface area contributed by atoms with Gasteiger partial charge in [0.25, 0.3) is 11.5 Å². The average Bonchev–Trinajstić information content (AvgIpc) is 3.45. The van der Waals surface area contributed by atoms with Crippen molar-refractivity contribution in [2.45, 2.75) is 71.6 Å². The zero-order valence-corrected chi connectivity index (χ0v) is 25.4. The molecule has 3 aromatic rings. The first kappa shape index (κ1) is 30.0. The molecule has 0 radical (unpaired) electrons. The molecule has 2 aromatic heterocycles. The Morgan fingerprint density at radius 1 is 1.10 bits per heavy atom. The van der Waals surface area contributed by atoms with Gasteiger partial charge in [-0.1, -0.05) is 0 Å². The zero-order valence-electron chi connectivity index (χ0n) is 25.4. The molecule has 1 aliphatic heterocycles.